The average molecular weight is 332 g/mol. The van der Waals surface area contributed by atoms with Crippen LogP contribution >= 0.6 is 0 Å². The van der Waals surface area contributed by atoms with Gasteiger partial charge in [-0.1, -0.05) is 25.0 Å². The van der Waals surface area contributed by atoms with Crippen LogP contribution in [0.15, 0.2) is 11.1 Å². The molecule has 134 valence electrons. The lowest BCUT2D eigenvalue weighted by atomic mass is 9.51. The monoisotopic (exact) mass is 332 g/mol. The maximum absolute atomic E-state index is 12.5. The summed E-state index contributed by atoms with van der Waals surface area (Å²) in [6, 6.07) is 0. The minimum atomic E-state index is -0.405. The van der Waals surface area contributed by atoms with Crippen LogP contribution in [0.5, 0.6) is 0 Å². The molecule has 0 aromatic carbocycles. The van der Waals surface area contributed by atoms with E-state index in [4.69, 9.17) is 9.47 Å². The summed E-state index contributed by atoms with van der Waals surface area (Å²) in [6.45, 7) is 4.69. The molecule has 3 heteroatoms. The first-order valence-corrected chi connectivity index (χ1v) is 9.78. The number of carbonyl (C=O) groups is 1. The number of fused-ring (bicyclic) bond motifs is 4. The minimum absolute atomic E-state index is 0.0228. The van der Waals surface area contributed by atoms with Crippen LogP contribution in [0.3, 0.4) is 0 Å². The van der Waals surface area contributed by atoms with E-state index in [1.54, 1.807) is 25.4 Å². The lowest BCUT2D eigenvalue weighted by Crippen LogP contribution is -2.48. The Labute approximate surface area is 146 Å². The molecule has 0 spiro atoms. The summed E-state index contributed by atoms with van der Waals surface area (Å²) in [4.78, 5) is 12.5. The van der Waals surface area contributed by atoms with E-state index in [9.17, 15) is 4.79 Å². The molecular formula is C21H32O3. The molecule has 24 heavy (non-hydrogen) atoms. The molecule has 2 fully saturated rings. The molecular weight excluding hydrogens is 300 g/mol. The Bertz CT molecular complexity index is 574. The zero-order valence-corrected chi connectivity index (χ0v) is 15.7. The second-order valence-electron chi connectivity index (χ2n) is 9.01. The summed E-state index contributed by atoms with van der Waals surface area (Å²) >= 11 is 0. The Kier molecular flexibility index (Phi) is 3.96. The van der Waals surface area contributed by atoms with Gasteiger partial charge in [-0.2, -0.15) is 0 Å². The summed E-state index contributed by atoms with van der Waals surface area (Å²) in [5.74, 6) is 2.85. The van der Waals surface area contributed by atoms with Gasteiger partial charge in [-0.15, -0.1) is 0 Å². The predicted molar refractivity (Wildman–Crippen MR) is 93.5 cm³/mol. The number of carbonyl (C=O) groups excluding carboxylic acids is 1. The number of hydrogen-bond donors (Lipinski definition) is 0. The molecule has 0 amide bonds. The van der Waals surface area contributed by atoms with E-state index in [0.29, 0.717) is 29.5 Å². The summed E-state index contributed by atoms with van der Waals surface area (Å²) in [5, 5.41) is 0. The van der Waals surface area contributed by atoms with Gasteiger partial charge in [0.1, 0.15) is 5.78 Å². The van der Waals surface area contributed by atoms with Crippen molar-refractivity contribution in [3.63, 3.8) is 0 Å². The molecule has 4 rings (SSSR count). The van der Waals surface area contributed by atoms with Crippen LogP contribution in [0.2, 0.25) is 0 Å². The van der Waals surface area contributed by atoms with Crippen LogP contribution in [0.4, 0.5) is 0 Å². The van der Waals surface area contributed by atoms with E-state index in [2.05, 4.69) is 13.8 Å². The number of ketones is 1. The number of methoxy groups -OCH3 is 2. The highest BCUT2D eigenvalue weighted by Crippen LogP contribution is 2.61. The number of rotatable bonds is 2. The van der Waals surface area contributed by atoms with Crippen LogP contribution in [-0.4, -0.2) is 25.8 Å². The first kappa shape index (κ1) is 16.8. The van der Waals surface area contributed by atoms with Gasteiger partial charge < -0.3 is 9.47 Å². The number of ether oxygens (including phenoxy) is 2. The fourth-order valence-electron chi connectivity index (χ4n) is 6.80. The standard InChI is InChI=1S/C21H32O3/c1-13-11-14-12-21(23-3,24-4)10-8-15(14)16-7-9-20(2)17(19(13)16)5-6-18(20)22/h13,16-17,19H,5-12H2,1-4H3/t13-,16?,17?,19?,20+/m1/s1. The molecule has 0 heterocycles. The molecule has 3 nitrogen and oxygen atoms in total. The van der Waals surface area contributed by atoms with Crippen LogP contribution in [0.1, 0.15) is 65.2 Å². The number of allylic oxidation sites excluding steroid dienone is 1. The van der Waals surface area contributed by atoms with E-state index in [-0.39, 0.29) is 5.41 Å². The molecule has 0 saturated heterocycles. The maximum atomic E-state index is 12.5. The number of Topliss-reactive ketones (excluding diaryl/α,β-unsaturated/α-hetero) is 1. The van der Waals surface area contributed by atoms with E-state index < -0.39 is 5.79 Å². The summed E-state index contributed by atoms with van der Waals surface area (Å²) < 4.78 is 11.5. The zero-order chi connectivity index (χ0) is 17.1. The Balaban J connectivity index is 1.66. The highest BCUT2D eigenvalue weighted by atomic mass is 16.7. The highest BCUT2D eigenvalue weighted by molar-refractivity contribution is 5.87. The Morgan fingerprint density at radius 1 is 1.08 bits per heavy atom. The van der Waals surface area contributed by atoms with Crippen LogP contribution in [0, 0.1) is 29.1 Å². The fraction of sp³-hybridized carbons (Fsp3) is 0.857. The van der Waals surface area contributed by atoms with Crippen molar-refractivity contribution in [1.82, 2.24) is 0 Å². The van der Waals surface area contributed by atoms with Gasteiger partial charge in [-0.3, -0.25) is 4.79 Å². The minimum Gasteiger partial charge on any atom is -0.353 e. The summed E-state index contributed by atoms with van der Waals surface area (Å²) in [6.07, 6.45) is 8.44. The molecule has 2 saturated carbocycles. The van der Waals surface area contributed by atoms with Crippen molar-refractivity contribution in [3.05, 3.63) is 11.1 Å². The van der Waals surface area contributed by atoms with Crippen LogP contribution < -0.4 is 0 Å². The molecule has 3 unspecified atom stereocenters. The summed E-state index contributed by atoms with van der Waals surface area (Å²) in [7, 11) is 3.56. The zero-order valence-electron chi connectivity index (χ0n) is 15.7. The average Bonchev–Trinajstić information content (AvgIpc) is 2.89. The third-order valence-electron chi connectivity index (χ3n) is 8.17. The molecule has 0 bridgehead atoms. The van der Waals surface area contributed by atoms with E-state index in [1.165, 1.54) is 12.8 Å². The smallest absolute Gasteiger partial charge is 0.171 e. The van der Waals surface area contributed by atoms with Crippen molar-refractivity contribution >= 4 is 5.78 Å². The van der Waals surface area contributed by atoms with Gasteiger partial charge in [0, 0.05) is 38.9 Å². The van der Waals surface area contributed by atoms with E-state index >= 15 is 0 Å². The van der Waals surface area contributed by atoms with Crippen molar-refractivity contribution in [1.29, 1.82) is 0 Å². The van der Waals surface area contributed by atoms with Crippen molar-refractivity contribution in [2.75, 3.05) is 14.2 Å². The van der Waals surface area contributed by atoms with Crippen LogP contribution in [0.25, 0.3) is 0 Å². The maximum Gasteiger partial charge on any atom is 0.171 e. The normalized spacial score (nSPS) is 44.1. The van der Waals surface area contributed by atoms with Crippen molar-refractivity contribution in [3.8, 4) is 0 Å². The molecule has 0 aliphatic heterocycles. The fourth-order valence-corrected chi connectivity index (χ4v) is 6.80. The van der Waals surface area contributed by atoms with E-state index in [0.717, 1.165) is 38.5 Å². The summed E-state index contributed by atoms with van der Waals surface area (Å²) in [5.41, 5.74) is 3.29. The van der Waals surface area contributed by atoms with Crippen molar-refractivity contribution < 1.29 is 14.3 Å². The molecule has 4 aliphatic carbocycles. The quantitative estimate of drug-likeness (QED) is 0.551. The second kappa shape index (κ2) is 5.67. The Morgan fingerprint density at radius 3 is 2.54 bits per heavy atom. The van der Waals surface area contributed by atoms with Crippen molar-refractivity contribution in [2.24, 2.45) is 29.1 Å². The van der Waals surface area contributed by atoms with Gasteiger partial charge in [0.2, 0.25) is 0 Å². The predicted octanol–water partition coefficient (Wildman–Crippen LogP) is 4.51. The lowest BCUT2D eigenvalue weighted by molar-refractivity contribution is -0.213. The van der Waals surface area contributed by atoms with Gasteiger partial charge in [0.15, 0.2) is 5.79 Å². The third-order valence-corrected chi connectivity index (χ3v) is 8.17. The van der Waals surface area contributed by atoms with Gasteiger partial charge in [-0.05, 0) is 55.8 Å². The van der Waals surface area contributed by atoms with Gasteiger partial charge in [0.25, 0.3) is 0 Å². The van der Waals surface area contributed by atoms with Gasteiger partial charge in [-0.25, -0.2) is 0 Å². The first-order chi connectivity index (χ1) is 11.4. The Morgan fingerprint density at radius 2 is 1.83 bits per heavy atom. The van der Waals surface area contributed by atoms with E-state index in [1.807, 2.05) is 0 Å². The molecule has 0 N–H and O–H groups in total. The Hall–Kier alpha value is -0.670. The van der Waals surface area contributed by atoms with Gasteiger partial charge in [0.05, 0.1) is 0 Å². The SMILES string of the molecule is COC1(OC)CCC2=C(C[C@@H](C)C3C2CC[C@]2(C)C(=O)CCC32)C1. The number of hydrogen-bond acceptors (Lipinski definition) is 3. The van der Waals surface area contributed by atoms with Crippen molar-refractivity contribution in [2.45, 2.75) is 71.0 Å². The third kappa shape index (κ3) is 2.20. The second-order valence-corrected chi connectivity index (χ2v) is 9.01. The first-order valence-electron chi connectivity index (χ1n) is 9.78. The highest BCUT2D eigenvalue weighted by Gasteiger charge is 2.57. The largest absolute Gasteiger partial charge is 0.353 e. The molecule has 4 aliphatic rings. The molecule has 0 aromatic heterocycles. The lowest BCUT2D eigenvalue weighted by Gasteiger charge is -2.53. The van der Waals surface area contributed by atoms with Crippen LogP contribution in [-0.2, 0) is 14.3 Å². The molecule has 0 radical (unpaired) electrons. The molecule has 5 atom stereocenters. The topological polar surface area (TPSA) is 35.5 Å². The van der Waals surface area contributed by atoms with Gasteiger partial charge >= 0.3 is 0 Å². The molecule has 0 aromatic rings.